The monoisotopic (exact) mass is 424 g/mol. The predicted octanol–water partition coefficient (Wildman–Crippen LogP) is 3.42. The molecule has 1 aliphatic rings. The first-order chi connectivity index (χ1) is 13.6. The highest BCUT2D eigenvalue weighted by atomic mass is 32.2. The Balaban J connectivity index is 1.69. The number of hydrogen-bond donors (Lipinski definition) is 0. The fourth-order valence-electron chi connectivity index (χ4n) is 3.29. The number of hydrogen-bond acceptors (Lipinski definition) is 4. The Morgan fingerprint density at radius 3 is 2.21 bits per heavy atom. The number of carbonyl (C=O) groups is 1. The smallest absolute Gasteiger partial charge is 0.222 e. The number of amides is 1. The Morgan fingerprint density at radius 2 is 1.66 bits per heavy atom. The first kappa shape index (κ1) is 23.7. The summed E-state index contributed by atoms with van der Waals surface area (Å²) < 4.78 is 31.8. The van der Waals surface area contributed by atoms with Gasteiger partial charge >= 0.3 is 0 Å². The van der Waals surface area contributed by atoms with Gasteiger partial charge in [0.05, 0.1) is 12.4 Å². The molecule has 164 valence electrons. The summed E-state index contributed by atoms with van der Waals surface area (Å²) in [6, 6.07) is 8.10. The summed E-state index contributed by atoms with van der Waals surface area (Å²) in [5.74, 6) is 1.09. The van der Waals surface area contributed by atoms with Crippen LogP contribution in [0.15, 0.2) is 24.3 Å². The van der Waals surface area contributed by atoms with E-state index in [1.54, 1.807) is 4.90 Å². The number of nitrogens with zero attached hydrogens (tertiary/aromatic N) is 2. The van der Waals surface area contributed by atoms with E-state index in [0.29, 0.717) is 52.0 Å². The largest absolute Gasteiger partial charge is 0.494 e. The summed E-state index contributed by atoms with van der Waals surface area (Å²) in [6.45, 7) is 10.7. The van der Waals surface area contributed by atoms with E-state index in [1.807, 2.05) is 19.1 Å². The van der Waals surface area contributed by atoms with Crippen molar-refractivity contribution in [3.8, 4) is 5.75 Å². The van der Waals surface area contributed by atoms with Crippen LogP contribution in [0.3, 0.4) is 0 Å². The average molecular weight is 425 g/mol. The van der Waals surface area contributed by atoms with Gasteiger partial charge in [-0.2, -0.15) is 4.31 Å². The summed E-state index contributed by atoms with van der Waals surface area (Å²) in [4.78, 5) is 14.2. The maximum atomic E-state index is 12.4. The molecule has 7 heteroatoms. The van der Waals surface area contributed by atoms with Crippen LogP contribution in [-0.4, -0.2) is 62.1 Å². The van der Waals surface area contributed by atoms with Crippen molar-refractivity contribution in [2.75, 3.05) is 38.5 Å². The minimum Gasteiger partial charge on any atom is -0.494 e. The van der Waals surface area contributed by atoms with Crippen molar-refractivity contribution in [1.29, 1.82) is 0 Å². The summed E-state index contributed by atoms with van der Waals surface area (Å²) in [6.07, 6.45) is 2.61. The zero-order valence-corrected chi connectivity index (χ0v) is 19.1. The molecular formula is C22H36N2O4S. The van der Waals surface area contributed by atoms with E-state index in [1.165, 1.54) is 9.87 Å². The first-order valence-corrected chi connectivity index (χ1v) is 12.2. The molecule has 0 bridgehead atoms. The standard InChI is InChI=1S/C22H36N2O4S/c1-5-6-18-29(26,27)24-15-13-23(14-16-24)21(25)8-7-17-28-20-11-9-19(10-12-20)22(2,3)4/h9-12H,5-8,13-18H2,1-4H3. The van der Waals surface area contributed by atoms with Crippen LogP contribution in [-0.2, 0) is 20.2 Å². The second-order valence-electron chi connectivity index (χ2n) is 8.68. The molecule has 1 aromatic carbocycles. The lowest BCUT2D eigenvalue weighted by Gasteiger charge is -2.34. The Bertz CT molecular complexity index is 746. The third-order valence-corrected chi connectivity index (χ3v) is 7.22. The molecule has 1 saturated heterocycles. The van der Waals surface area contributed by atoms with Gasteiger partial charge < -0.3 is 9.64 Å². The number of sulfonamides is 1. The van der Waals surface area contributed by atoms with Gasteiger partial charge in [-0.25, -0.2) is 8.42 Å². The highest BCUT2D eigenvalue weighted by Crippen LogP contribution is 2.24. The van der Waals surface area contributed by atoms with Crippen molar-refractivity contribution in [3.05, 3.63) is 29.8 Å². The molecule has 29 heavy (non-hydrogen) atoms. The van der Waals surface area contributed by atoms with E-state index in [-0.39, 0.29) is 17.1 Å². The van der Waals surface area contributed by atoms with Gasteiger partial charge in [-0.3, -0.25) is 4.79 Å². The molecular weight excluding hydrogens is 388 g/mol. The van der Waals surface area contributed by atoms with Crippen LogP contribution < -0.4 is 4.74 Å². The summed E-state index contributed by atoms with van der Waals surface area (Å²) in [5, 5.41) is 0. The average Bonchev–Trinajstić information content (AvgIpc) is 2.69. The number of rotatable bonds is 9. The summed E-state index contributed by atoms with van der Waals surface area (Å²) >= 11 is 0. The quantitative estimate of drug-likeness (QED) is 0.570. The molecule has 1 heterocycles. The van der Waals surface area contributed by atoms with E-state index in [9.17, 15) is 13.2 Å². The number of unbranched alkanes of at least 4 members (excludes halogenated alkanes) is 1. The number of benzene rings is 1. The maximum Gasteiger partial charge on any atom is 0.222 e. The van der Waals surface area contributed by atoms with Crippen LogP contribution >= 0.6 is 0 Å². The summed E-state index contributed by atoms with van der Waals surface area (Å²) in [5.41, 5.74) is 1.38. The lowest BCUT2D eigenvalue weighted by atomic mass is 9.87. The third-order valence-electron chi connectivity index (χ3n) is 5.26. The van der Waals surface area contributed by atoms with Crippen molar-refractivity contribution in [1.82, 2.24) is 9.21 Å². The first-order valence-electron chi connectivity index (χ1n) is 10.6. The number of piperazine rings is 1. The molecule has 0 saturated carbocycles. The van der Waals surface area contributed by atoms with Gasteiger partial charge in [0.1, 0.15) is 5.75 Å². The third kappa shape index (κ3) is 7.30. The fourth-order valence-corrected chi connectivity index (χ4v) is 4.93. The van der Waals surface area contributed by atoms with Crippen LogP contribution in [0, 0.1) is 0 Å². The van der Waals surface area contributed by atoms with Crippen molar-refractivity contribution in [2.45, 2.75) is 58.8 Å². The van der Waals surface area contributed by atoms with Gasteiger partial charge in [0.25, 0.3) is 0 Å². The summed E-state index contributed by atoms with van der Waals surface area (Å²) in [7, 11) is -3.18. The normalized spacial score (nSPS) is 16.1. The Labute approximate surface area is 176 Å². The molecule has 0 aliphatic carbocycles. The van der Waals surface area contributed by atoms with E-state index in [0.717, 1.165) is 12.2 Å². The van der Waals surface area contributed by atoms with Crippen LogP contribution in [0.25, 0.3) is 0 Å². The molecule has 1 aromatic rings. The Hall–Kier alpha value is -1.60. The molecule has 1 amide bonds. The minimum absolute atomic E-state index is 0.0716. The Kier molecular flexibility index (Phi) is 8.52. The molecule has 0 atom stereocenters. The van der Waals surface area contributed by atoms with Crippen LogP contribution in [0.2, 0.25) is 0 Å². The van der Waals surface area contributed by atoms with Crippen molar-refractivity contribution in [3.63, 3.8) is 0 Å². The highest BCUT2D eigenvalue weighted by molar-refractivity contribution is 7.89. The van der Waals surface area contributed by atoms with E-state index in [2.05, 4.69) is 32.9 Å². The molecule has 0 unspecified atom stereocenters. The zero-order valence-electron chi connectivity index (χ0n) is 18.3. The minimum atomic E-state index is -3.18. The van der Waals surface area contributed by atoms with Crippen LogP contribution in [0.1, 0.15) is 58.9 Å². The topological polar surface area (TPSA) is 66.9 Å². The maximum absolute atomic E-state index is 12.4. The van der Waals surface area contributed by atoms with Gasteiger partial charge in [0.2, 0.25) is 15.9 Å². The van der Waals surface area contributed by atoms with Gasteiger partial charge in [-0.15, -0.1) is 0 Å². The Morgan fingerprint density at radius 1 is 1.03 bits per heavy atom. The fraction of sp³-hybridized carbons (Fsp3) is 0.682. The molecule has 6 nitrogen and oxygen atoms in total. The second kappa shape index (κ2) is 10.4. The van der Waals surface area contributed by atoms with Gasteiger partial charge in [-0.1, -0.05) is 46.2 Å². The number of carbonyl (C=O) groups excluding carboxylic acids is 1. The highest BCUT2D eigenvalue weighted by Gasteiger charge is 2.28. The van der Waals surface area contributed by atoms with E-state index < -0.39 is 10.0 Å². The van der Waals surface area contributed by atoms with Crippen molar-refractivity contribution >= 4 is 15.9 Å². The van der Waals surface area contributed by atoms with Crippen LogP contribution in [0.4, 0.5) is 0 Å². The SMILES string of the molecule is CCCCS(=O)(=O)N1CCN(C(=O)CCCOc2ccc(C(C)(C)C)cc2)CC1. The van der Waals surface area contributed by atoms with Crippen molar-refractivity contribution < 1.29 is 17.9 Å². The molecule has 1 fully saturated rings. The zero-order chi connectivity index (χ0) is 21.5. The molecule has 2 rings (SSSR count). The lowest BCUT2D eigenvalue weighted by Crippen LogP contribution is -2.51. The molecule has 0 spiro atoms. The molecule has 0 aromatic heterocycles. The lowest BCUT2D eigenvalue weighted by molar-refractivity contribution is -0.132. The van der Waals surface area contributed by atoms with Gasteiger partial charge in [-0.05, 0) is 36.0 Å². The van der Waals surface area contributed by atoms with Gasteiger partial charge in [0, 0.05) is 32.6 Å². The van der Waals surface area contributed by atoms with Crippen LogP contribution in [0.5, 0.6) is 5.75 Å². The second-order valence-corrected chi connectivity index (χ2v) is 10.8. The molecule has 0 radical (unpaired) electrons. The molecule has 1 aliphatic heterocycles. The number of ether oxygens (including phenoxy) is 1. The van der Waals surface area contributed by atoms with Crippen molar-refractivity contribution in [2.24, 2.45) is 0 Å². The van der Waals surface area contributed by atoms with E-state index in [4.69, 9.17) is 4.74 Å². The predicted molar refractivity (Wildman–Crippen MR) is 117 cm³/mol. The van der Waals surface area contributed by atoms with Gasteiger partial charge in [0.15, 0.2) is 0 Å². The molecule has 0 N–H and O–H groups in total. The van der Waals surface area contributed by atoms with E-state index >= 15 is 0 Å².